The molecule has 0 aromatic heterocycles. The maximum atomic E-state index is 12.6. The lowest BCUT2D eigenvalue weighted by Crippen LogP contribution is -2.30. The molecule has 0 fully saturated rings. The second-order valence-corrected chi connectivity index (χ2v) is 8.23. The number of anilines is 1. The fraction of sp³-hybridized carbons (Fsp3) is 0.350. The molecule has 140 valence electrons. The molecule has 0 aliphatic carbocycles. The topological polar surface area (TPSA) is 66.5 Å². The summed E-state index contributed by atoms with van der Waals surface area (Å²) < 4.78 is 24.9. The number of rotatable bonds is 7. The second-order valence-electron chi connectivity index (χ2n) is 6.32. The zero-order chi connectivity index (χ0) is 19.3. The monoisotopic (exact) mass is 374 g/mol. The Morgan fingerprint density at radius 3 is 2.08 bits per heavy atom. The molecule has 0 unspecified atom stereocenters. The van der Waals surface area contributed by atoms with E-state index in [0.717, 1.165) is 12.0 Å². The molecule has 1 N–H and O–H groups in total. The molecule has 0 aliphatic rings. The third kappa shape index (κ3) is 4.85. The fourth-order valence-corrected chi connectivity index (χ4v) is 3.82. The molecule has 2 rings (SSSR count). The number of hydrogen-bond donors (Lipinski definition) is 1. The smallest absolute Gasteiger partial charge is 0.251 e. The maximum absolute atomic E-state index is 12.6. The van der Waals surface area contributed by atoms with E-state index in [0.29, 0.717) is 17.8 Å². The molecule has 0 bridgehead atoms. The van der Waals surface area contributed by atoms with Gasteiger partial charge in [-0.1, -0.05) is 36.8 Å². The van der Waals surface area contributed by atoms with Crippen molar-refractivity contribution in [3.05, 3.63) is 65.2 Å². The second kappa shape index (κ2) is 8.36. The highest BCUT2D eigenvalue weighted by molar-refractivity contribution is 7.92. The average Bonchev–Trinajstić information content (AvgIpc) is 2.60. The van der Waals surface area contributed by atoms with Crippen LogP contribution in [0.5, 0.6) is 0 Å². The Balaban J connectivity index is 2.15. The van der Waals surface area contributed by atoms with E-state index in [-0.39, 0.29) is 11.9 Å². The first-order valence-corrected chi connectivity index (χ1v) is 10.6. The van der Waals surface area contributed by atoms with Crippen molar-refractivity contribution in [2.45, 2.75) is 33.2 Å². The van der Waals surface area contributed by atoms with Gasteiger partial charge < -0.3 is 5.32 Å². The number of sulfonamides is 1. The lowest BCUT2D eigenvalue weighted by molar-refractivity contribution is 0.0935. The minimum Gasteiger partial charge on any atom is -0.345 e. The van der Waals surface area contributed by atoms with Crippen molar-refractivity contribution in [2.24, 2.45) is 0 Å². The SMILES string of the molecule is CC[C@H](NC(=O)c1ccc(N(CC)S(C)(=O)=O)cc1)c1ccc(C)cc1. The van der Waals surface area contributed by atoms with E-state index in [9.17, 15) is 13.2 Å². The van der Waals surface area contributed by atoms with E-state index in [4.69, 9.17) is 0 Å². The van der Waals surface area contributed by atoms with Crippen LogP contribution >= 0.6 is 0 Å². The number of carbonyl (C=O) groups excluding carboxylic acids is 1. The fourth-order valence-electron chi connectivity index (χ4n) is 2.85. The average molecular weight is 375 g/mol. The number of amides is 1. The van der Waals surface area contributed by atoms with Crippen LogP contribution in [0.15, 0.2) is 48.5 Å². The molecule has 26 heavy (non-hydrogen) atoms. The normalized spacial score (nSPS) is 12.5. The van der Waals surface area contributed by atoms with E-state index in [2.05, 4.69) is 5.32 Å². The highest BCUT2D eigenvalue weighted by Crippen LogP contribution is 2.20. The van der Waals surface area contributed by atoms with Crippen molar-refractivity contribution in [1.29, 1.82) is 0 Å². The predicted octanol–water partition coefficient (Wildman–Crippen LogP) is 3.66. The molecule has 2 aromatic rings. The van der Waals surface area contributed by atoms with Gasteiger partial charge in [0.25, 0.3) is 5.91 Å². The summed E-state index contributed by atoms with van der Waals surface area (Å²) in [6.45, 7) is 6.17. The van der Waals surface area contributed by atoms with Crippen LogP contribution in [0.1, 0.15) is 47.8 Å². The van der Waals surface area contributed by atoms with Crippen LogP contribution in [-0.2, 0) is 10.0 Å². The van der Waals surface area contributed by atoms with Gasteiger partial charge in [0.2, 0.25) is 10.0 Å². The molecule has 0 spiro atoms. The highest BCUT2D eigenvalue weighted by Gasteiger charge is 2.17. The molecule has 1 atom stereocenters. The molecule has 0 heterocycles. The van der Waals surface area contributed by atoms with Crippen molar-refractivity contribution in [3.63, 3.8) is 0 Å². The van der Waals surface area contributed by atoms with E-state index < -0.39 is 10.0 Å². The molecule has 2 aromatic carbocycles. The summed E-state index contributed by atoms with van der Waals surface area (Å²) in [5.74, 6) is -0.175. The van der Waals surface area contributed by atoms with E-state index in [1.54, 1.807) is 31.2 Å². The number of benzene rings is 2. The van der Waals surface area contributed by atoms with Gasteiger partial charge in [-0.2, -0.15) is 0 Å². The molecular formula is C20H26N2O3S. The van der Waals surface area contributed by atoms with E-state index >= 15 is 0 Å². The van der Waals surface area contributed by atoms with Crippen LogP contribution in [-0.4, -0.2) is 27.1 Å². The van der Waals surface area contributed by atoms with Crippen molar-refractivity contribution in [2.75, 3.05) is 17.1 Å². The zero-order valence-corrected chi connectivity index (χ0v) is 16.5. The Hall–Kier alpha value is -2.34. The molecule has 6 heteroatoms. The van der Waals surface area contributed by atoms with Gasteiger partial charge in [0.1, 0.15) is 0 Å². The summed E-state index contributed by atoms with van der Waals surface area (Å²) in [7, 11) is -3.33. The molecule has 0 radical (unpaired) electrons. The van der Waals surface area contributed by atoms with E-state index in [1.807, 2.05) is 38.1 Å². The van der Waals surface area contributed by atoms with Gasteiger partial charge in [0.05, 0.1) is 18.0 Å². The van der Waals surface area contributed by atoms with Crippen LogP contribution in [0, 0.1) is 6.92 Å². The van der Waals surface area contributed by atoms with Crippen LogP contribution < -0.4 is 9.62 Å². The van der Waals surface area contributed by atoms with Crippen LogP contribution in [0.25, 0.3) is 0 Å². The molecule has 0 aliphatic heterocycles. The van der Waals surface area contributed by atoms with Crippen LogP contribution in [0.4, 0.5) is 5.69 Å². The molecule has 0 saturated heterocycles. The lowest BCUT2D eigenvalue weighted by Gasteiger charge is -2.21. The molecular weight excluding hydrogens is 348 g/mol. The Labute approximate surface area is 156 Å². The predicted molar refractivity (Wildman–Crippen MR) is 106 cm³/mol. The molecule has 0 saturated carbocycles. The number of hydrogen-bond acceptors (Lipinski definition) is 3. The number of nitrogens with one attached hydrogen (secondary N) is 1. The first kappa shape index (κ1) is 20.0. The maximum Gasteiger partial charge on any atom is 0.251 e. The summed E-state index contributed by atoms with van der Waals surface area (Å²) >= 11 is 0. The zero-order valence-electron chi connectivity index (χ0n) is 15.7. The molecule has 1 amide bonds. The van der Waals surface area contributed by atoms with Crippen molar-refractivity contribution in [1.82, 2.24) is 5.32 Å². The van der Waals surface area contributed by atoms with Gasteiger partial charge in [0, 0.05) is 12.1 Å². The number of carbonyl (C=O) groups is 1. The summed E-state index contributed by atoms with van der Waals surface area (Å²) in [6, 6.07) is 14.7. The number of nitrogens with zero attached hydrogens (tertiary/aromatic N) is 1. The first-order valence-electron chi connectivity index (χ1n) is 8.71. The third-order valence-corrected chi connectivity index (χ3v) is 5.57. The van der Waals surface area contributed by atoms with Gasteiger partial charge in [-0.15, -0.1) is 0 Å². The standard InChI is InChI=1S/C20H26N2O3S/c1-5-19(16-9-7-15(3)8-10-16)21-20(23)17-11-13-18(14-12-17)22(6-2)26(4,24)25/h7-14,19H,5-6H2,1-4H3,(H,21,23)/t19-/m0/s1. The third-order valence-electron chi connectivity index (χ3n) is 4.30. The first-order chi connectivity index (χ1) is 12.3. The Bertz CT molecular complexity index is 844. The number of aryl methyl sites for hydroxylation is 1. The van der Waals surface area contributed by atoms with Crippen molar-refractivity contribution >= 4 is 21.6 Å². The van der Waals surface area contributed by atoms with Crippen LogP contribution in [0.2, 0.25) is 0 Å². The van der Waals surface area contributed by atoms with Gasteiger partial charge in [-0.25, -0.2) is 8.42 Å². The van der Waals surface area contributed by atoms with Crippen LogP contribution in [0.3, 0.4) is 0 Å². The Morgan fingerprint density at radius 1 is 1.04 bits per heavy atom. The van der Waals surface area contributed by atoms with Gasteiger partial charge in [0.15, 0.2) is 0 Å². The summed E-state index contributed by atoms with van der Waals surface area (Å²) in [5, 5.41) is 3.04. The van der Waals surface area contributed by atoms with Crippen molar-refractivity contribution < 1.29 is 13.2 Å². The summed E-state index contributed by atoms with van der Waals surface area (Å²) in [5.41, 5.74) is 3.30. The largest absolute Gasteiger partial charge is 0.345 e. The van der Waals surface area contributed by atoms with Crippen molar-refractivity contribution in [3.8, 4) is 0 Å². The highest BCUT2D eigenvalue weighted by atomic mass is 32.2. The van der Waals surface area contributed by atoms with Gasteiger partial charge >= 0.3 is 0 Å². The summed E-state index contributed by atoms with van der Waals surface area (Å²) in [4.78, 5) is 12.6. The lowest BCUT2D eigenvalue weighted by atomic mass is 10.0. The summed E-state index contributed by atoms with van der Waals surface area (Å²) in [6.07, 6.45) is 1.95. The minimum absolute atomic E-state index is 0.0639. The van der Waals surface area contributed by atoms with Gasteiger partial charge in [-0.05, 0) is 50.1 Å². The van der Waals surface area contributed by atoms with E-state index in [1.165, 1.54) is 16.1 Å². The quantitative estimate of drug-likeness (QED) is 0.804. The van der Waals surface area contributed by atoms with Gasteiger partial charge in [-0.3, -0.25) is 9.10 Å². The molecule has 5 nitrogen and oxygen atoms in total. The minimum atomic E-state index is -3.33. The Kier molecular flexibility index (Phi) is 6.42. The Morgan fingerprint density at radius 2 is 1.62 bits per heavy atom.